The van der Waals surface area contributed by atoms with Gasteiger partial charge < -0.3 is 14.9 Å². The fourth-order valence-corrected chi connectivity index (χ4v) is 3.65. The molecule has 0 radical (unpaired) electrons. The number of aliphatic hydroxyl groups excluding tert-OH is 1. The lowest BCUT2D eigenvalue weighted by atomic mass is 9.99. The van der Waals surface area contributed by atoms with Crippen LogP contribution in [0.15, 0.2) is 6.07 Å². The first-order valence-electron chi connectivity index (χ1n) is 8.58. The number of hydrogen-bond donors (Lipinski definition) is 1. The average molecular weight is 360 g/mol. The Labute approximate surface area is 144 Å². The van der Waals surface area contributed by atoms with Crippen molar-refractivity contribution in [3.05, 3.63) is 17.5 Å². The molecule has 0 unspecified atom stereocenters. The molecular formula is C16H23F3N4O2. The zero-order valence-corrected chi connectivity index (χ0v) is 14.2. The first kappa shape index (κ1) is 18.2. The summed E-state index contributed by atoms with van der Waals surface area (Å²) in [6.45, 7) is 2.76. The number of halogens is 3. The standard InChI is InChI=1S/C16H23F3N4O2/c1-21-13(10-14(20-21)16(17,18)19)15(25)23-6-2-11(3-7-23)22-8-4-12(24)5-9-22/h10-12,24H,2-9H2,1H3. The minimum absolute atomic E-state index is 0.0353. The Morgan fingerprint density at radius 2 is 1.76 bits per heavy atom. The Hall–Kier alpha value is -1.61. The van der Waals surface area contributed by atoms with Gasteiger partial charge in [-0.15, -0.1) is 0 Å². The van der Waals surface area contributed by atoms with Crippen LogP contribution in [0.1, 0.15) is 41.9 Å². The third-order valence-electron chi connectivity index (χ3n) is 5.16. The van der Waals surface area contributed by atoms with E-state index in [0.717, 1.165) is 49.5 Å². The van der Waals surface area contributed by atoms with Gasteiger partial charge in [0.25, 0.3) is 5.91 Å². The maximum absolute atomic E-state index is 12.7. The van der Waals surface area contributed by atoms with Crippen LogP contribution in [-0.4, -0.2) is 68.9 Å². The van der Waals surface area contributed by atoms with Gasteiger partial charge in [-0.25, -0.2) is 0 Å². The van der Waals surface area contributed by atoms with Crippen molar-refractivity contribution >= 4 is 5.91 Å². The summed E-state index contributed by atoms with van der Waals surface area (Å²) in [6, 6.07) is 1.19. The van der Waals surface area contributed by atoms with Crippen LogP contribution in [0.2, 0.25) is 0 Å². The Balaban J connectivity index is 1.59. The molecule has 1 N–H and O–H groups in total. The SMILES string of the molecule is Cn1nc(C(F)(F)F)cc1C(=O)N1CCC(N2CCC(O)CC2)CC1. The Morgan fingerprint density at radius 3 is 2.28 bits per heavy atom. The van der Waals surface area contributed by atoms with E-state index >= 15 is 0 Å². The van der Waals surface area contributed by atoms with E-state index in [2.05, 4.69) is 10.00 Å². The number of piperidine rings is 2. The van der Waals surface area contributed by atoms with Crippen molar-refractivity contribution in [1.29, 1.82) is 0 Å². The predicted octanol–water partition coefficient (Wildman–Crippen LogP) is 1.50. The molecule has 0 aliphatic carbocycles. The molecule has 0 spiro atoms. The van der Waals surface area contributed by atoms with Crippen LogP contribution in [-0.2, 0) is 13.2 Å². The number of aliphatic hydroxyl groups is 1. The van der Waals surface area contributed by atoms with Crippen molar-refractivity contribution in [2.45, 2.75) is 44.0 Å². The van der Waals surface area contributed by atoms with E-state index in [4.69, 9.17) is 0 Å². The van der Waals surface area contributed by atoms with E-state index in [1.807, 2.05) is 0 Å². The number of alkyl halides is 3. The summed E-state index contributed by atoms with van der Waals surface area (Å²) >= 11 is 0. The summed E-state index contributed by atoms with van der Waals surface area (Å²) in [4.78, 5) is 16.5. The summed E-state index contributed by atoms with van der Waals surface area (Å²) in [5, 5.41) is 13.0. The van der Waals surface area contributed by atoms with Crippen LogP contribution < -0.4 is 0 Å². The van der Waals surface area contributed by atoms with E-state index in [1.165, 1.54) is 7.05 Å². The minimum Gasteiger partial charge on any atom is -0.393 e. The van der Waals surface area contributed by atoms with Crippen LogP contribution in [0.5, 0.6) is 0 Å². The lowest BCUT2D eigenvalue weighted by molar-refractivity contribution is -0.141. The quantitative estimate of drug-likeness (QED) is 0.868. The molecular weight excluding hydrogens is 337 g/mol. The fraction of sp³-hybridized carbons (Fsp3) is 0.750. The minimum atomic E-state index is -4.55. The maximum atomic E-state index is 12.7. The van der Waals surface area contributed by atoms with Crippen LogP contribution in [0.4, 0.5) is 13.2 Å². The molecule has 2 aliphatic heterocycles. The second-order valence-electron chi connectivity index (χ2n) is 6.83. The van der Waals surface area contributed by atoms with Crippen molar-refractivity contribution in [2.24, 2.45) is 7.05 Å². The maximum Gasteiger partial charge on any atom is 0.435 e. The number of aryl methyl sites for hydroxylation is 1. The van der Waals surface area contributed by atoms with Crippen molar-refractivity contribution in [2.75, 3.05) is 26.2 Å². The lowest BCUT2D eigenvalue weighted by Crippen LogP contribution is -2.49. The van der Waals surface area contributed by atoms with E-state index in [9.17, 15) is 23.1 Å². The van der Waals surface area contributed by atoms with Crippen LogP contribution in [0, 0.1) is 0 Å². The third-order valence-corrected chi connectivity index (χ3v) is 5.16. The highest BCUT2D eigenvalue weighted by atomic mass is 19.4. The number of carbonyl (C=O) groups is 1. The highest BCUT2D eigenvalue weighted by Gasteiger charge is 2.36. The highest BCUT2D eigenvalue weighted by molar-refractivity contribution is 5.92. The van der Waals surface area contributed by atoms with Gasteiger partial charge in [0.05, 0.1) is 6.10 Å². The Morgan fingerprint density at radius 1 is 1.16 bits per heavy atom. The van der Waals surface area contributed by atoms with Crippen LogP contribution >= 0.6 is 0 Å². The molecule has 6 nitrogen and oxygen atoms in total. The van der Waals surface area contributed by atoms with Gasteiger partial charge in [0, 0.05) is 45.3 Å². The molecule has 0 saturated carbocycles. The molecule has 25 heavy (non-hydrogen) atoms. The number of aromatic nitrogens is 2. The first-order chi connectivity index (χ1) is 11.8. The second-order valence-corrected chi connectivity index (χ2v) is 6.83. The van der Waals surface area contributed by atoms with E-state index in [0.29, 0.717) is 19.1 Å². The summed E-state index contributed by atoms with van der Waals surface area (Å²) in [5.41, 5.74) is -1.08. The zero-order valence-electron chi connectivity index (χ0n) is 14.2. The zero-order chi connectivity index (χ0) is 18.2. The van der Waals surface area contributed by atoms with Gasteiger partial charge in [-0.2, -0.15) is 18.3 Å². The molecule has 0 atom stereocenters. The van der Waals surface area contributed by atoms with Crippen molar-refractivity contribution in [1.82, 2.24) is 19.6 Å². The second kappa shape index (κ2) is 6.95. The van der Waals surface area contributed by atoms with E-state index in [-0.39, 0.29) is 11.8 Å². The molecule has 1 amide bonds. The highest BCUT2D eigenvalue weighted by Crippen LogP contribution is 2.29. The number of amides is 1. The molecule has 2 aliphatic rings. The Kier molecular flexibility index (Phi) is 5.06. The average Bonchev–Trinajstić information content (AvgIpc) is 2.97. The molecule has 1 aromatic heterocycles. The molecule has 2 fully saturated rings. The van der Waals surface area contributed by atoms with Gasteiger partial charge in [-0.1, -0.05) is 0 Å². The largest absolute Gasteiger partial charge is 0.435 e. The van der Waals surface area contributed by atoms with Gasteiger partial charge in [0.2, 0.25) is 0 Å². The Bertz CT molecular complexity index is 615. The van der Waals surface area contributed by atoms with Gasteiger partial charge in [0.1, 0.15) is 5.69 Å². The monoisotopic (exact) mass is 360 g/mol. The molecule has 140 valence electrons. The third kappa shape index (κ3) is 3.98. The van der Waals surface area contributed by atoms with Gasteiger partial charge in [-0.3, -0.25) is 9.48 Å². The topological polar surface area (TPSA) is 61.6 Å². The number of carbonyl (C=O) groups excluding carboxylic acids is 1. The van der Waals surface area contributed by atoms with Crippen LogP contribution in [0.25, 0.3) is 0 Å². The number of rotatable bonds is 2. The van der Waals surface area contributed by atoms with E-state index < -0.39 is 17.8 Å². The molecule has 3 heterocycles. The molecule has 9 heteroatoms. The number of hydrogen-bond acceptors (Lipinski definition) is 4. The van der Waals surface area contributed by atoms with Crippen molar-refractivity contribution in [3.63, 3.8) is 0 Å². The fourth-order valence-electron chi connectivity index (χ4n) is 3.65. The summed E-state index contributed by atoms with van der Waals surface area (Å²) in [6.07, 6.45) is -1.63. The molecule has 0 bridgehead atoms. The van der Waals surface area contributed by atoms with Crippen molar-refractivity contribution < 1.29 is 23.1 Å². The van der Waals surface area contributed by atoms with Gasteiger partial charge in [0.15, 0.2) is 5.69 Å². The first-order valence-corrected chi connectivity index (χ1v) is 8.58. The smallest absolute Gasteiger partial charge is 0.393 e. The van der Waals surface area contributed by atoms with E-state index in [1.54, 1.807) is 4.90 Å². The molecule has 2 saturated heterocycles. The predicted molar refractivity (Wildman–Crippen MR) is 83.9 cm³/mol. The normalized spacial score (nSPS) is 21.7. The number of likely N-dealkylation sites (tertiary alicyclic amines) is 2. The summed E-state index contributed by atoms with van der Waals surface area (Å²) in [5.74, 6) is -0.405. The number of nitrogens with zero attached hydrogens (tertiary/aromatic N) is 4. The van der Waals surface area contributed by atoms with Crippen molar-refractivity contribution in [3.8, 4) is 0 Å². The molecule has 1 aromatic rings. The molecule has 0 aromatic carbocycles. The summed E-state index contributed by atoms with van der Waals surface area (Å²) < 4.78 is 39.2. The summed E-state index contributed by atoms with van der Waals surface area (Å²) in [7, 11) is 1.36. The van der Waals surface area contributed by atoms with Gasteiger partial charge >= 0.3 is 6.18 Å². The molecule has 3 rings (SSSR count). The van der Waals surface area contributed by atoms with Crippen LogP contribution in [0.3, 0.4) is 0 Å². The van der Waals surface area contributed by atoms with Gasteiger partial charge in [-0.05, 0) is 25.7 Å². The lowest BCUT2D eigenvalue weighted by Gasteiger charge is -2.41.